The Balaban J connectivity index is 2.14. The molecule has 1 unspecified atom stereocenters. The first-order valence-corrected chi connectivity index (χ1v) is 8.27. The van der Waals surface area contributed by atoms with Gasteiger partial charge in [-0.15, -0.1) is 0 Å². The fourth-order valence-corrected chi connectivity index (χ4v) is 2.89. The number of ether oxygens (including phenoxy) is 1. The quantitative estimate of drug-likeness (QED) is 0.684. The Morgan fingerprint density at radius 3 is 2.64 bits per heavy atom. The third-order valence-electron chi connectivity index (χ3n) is 4.30. The molecule has 5 nitrogen and oxygen atoms in total. The number of esters is 1. The van der Waals surface area contributed by atoms with Crippen molar-refractivity contribution < 1.29 is 9.53 Å². The molecular formula is C20H20N2O3. The van der Waals surface area contributed by atoms with Crippen molar-refractivity contribution in [1.29, 1.82) is 0 Å². The summed E-state index contributed by atoms with van der Waals surface area (Å²) in [5, 5.41) is 0.416. The summed E-state index contributed by atoms with van der Waals surface area (Å²) >= 11 is 0. The van der Waals surface area contributed by atoms with Gasteiger partial charge in [-0.3, -0.25) is 9.78 Å². The first kappa shape index (κ1) is 16.9. The smallest absolute Gasteiger partial charge is 0.339 e. The Morgan fingerprint density at radius 1 is 1.24 bits per heavy atom. The zero-order valence-electron chi connectivity index (χ0n) is 14.5. The van der Waals surface area contributed by atoms with E-state index in [1.807, 2.05) is 37.3 Å². The number of aromatic nitrogens is 2. The number of carbonyl (C=O) groups is 1. The van der Waals surface area contributed by atoms with Crippen molar-refractivity contribution in [2.45, 2.75) is 26.8 Å². The largest absolute Gasteiger partial charge is 0.462 e. The second kappa shape index (κ2) is 6.89. The predicted molar refractivity (Wildman–Crippen MR) is 97.0 cm³/mol. The SMILES string of the molecule is CCOC(=O)c1cc2c(=O)n(C(C)c3ccccc3)ccc2nc1C. The number of hydrogen-bond acceptors (Lipinski definition) is 4. The average molecular weight is 336 g/mol. The molecule has 0 saturated carbocycles. The highest BCUT2D eigenvalue weighted by Gasteiger charge is 2.16. The molecule has 2 aromatic heterocycles. The monoisotopic (exact) mass is 336 g/mol. The van der Waals surface area contributed by atoms with E-state index in [0.717, 1.165) is 5.56 Å². The Morgan fingerprint density at radius 2 is 1.96 bits per heavy atom. The number of hydrogen-bond donors (Lipinski definition) is 0. The van der Waals surface area contributed by atoms with Crippen LogP contribution in [-0.2, 0) is 4.74 Å². The van der Waals surface area contributed by atoms with Gasteiger partial charge in [-0.25, -0.2) is 4.79 Å². The van der Waals surface area contributed by atoms with Gasteiger partial charge < -0.3 is 9.30 Å². The summed E-state index contributed by atoms with van der Waals surface area (Å²) in [5.41, 5.74) is 2.32. The molecule has 25 heavy (non-hydrogen) atoms. The van der Waals surface area contributed by atoms with E-state index in [4.69, 9.17) is 4.74 Å². The number of carbonyl (C=O) groups excluding carboxylic acids is 1. The molecule has 1 aromatic carbocycles. The van der Waals surface area contributed by atoms with Crippen LogP contribution in [0.2, 0.25) is 0 Å². The Kier molecular flexibility index (Phi) is 4.65. The van der Waals surface area contributed by atoms with E-state index >= 15 is 0 Å². The molecule has 0 fully saturated rings. The second-order valence-corrected chi connectivity index (χ2v) is 5.89. The van der Waals surface area contributed by atoms with Gasteiger partial charge in [0.1, 0.15) is 0 Å². The lowest BCUT2D eigenvalue weighted by Crippen LogP contribution is -2.24. The van der Waals surface area contributed by atoms with Gasteiger partial charge in [-0.2, -0.15) is 0 Å². The lowest BCUT2D eigenvalue weighted by molar-refractivity contribution is 0.0525. The number of fused-ring (bicyclic) bond motifs is 1. The van der Waals surface area contributed by atoms with Gasteiger partial charge in [0, 0.05) is 6.20 Å². The van der Waals surface area contributed by atoms with Crippen molar-refractivity contribution in [1.82, 2.24) is 9.55 Å². The zero-order chi connectivity index (χ0) is 18.0. The second-order valence-electron chi connectivity index (χ2n) is 5.89. The molecular weight excluding hydrogens is 316 g/mol. The summed E-state index contributed by atoms with van der Waals surface area (Å²) in [5.74, 6) is -0.458. The molecule has 128 valence electrons. The van der Waals surface area contributed by atoms with Crippen LogP contribution in [0.4, 0.5) is 0 Å². The van der Waals surface area contributed by atoms with Crippen LogP contribution >= 0.6 is 0 Å². The molecule has 0 amide bonds. The van der Waals surface area contributed by atoms with Crippen LogP contribution in [0.15, 0.2) is 53.5 Å². The van der Waals surface area contributed by atoms with Crippen LogP contribution in [0.5, 0.6) is 0 Å². The highest BCUT2D eigenvalue weighted by molar-refractivity contribution is 5.94. The summed E-state index contributed by atoms with van der Waals surface area (Å²) < 4.78 is 6.71. The van der Waals surface area contributed by atoms with E-state index in [1.165, 1.54) is 0 Å². The summed E-state index contributed by atoms with van der Waals surface area (Å²) in [4.78, 5) is 29.4. The number of rotatable bonds is 4. The number of pyridine rings is 2. The van der Waals surface area contributed by atoms with Gasteiger partial charge in [0.25, 0.3) is 5.56 Å². The number of aryl methyl sites for hydroxylation is 1. The van der Waals surface area contributed by atoms with Crippen molar-refractivity contribution in [2.24, 2.45) is 0 Å². The minimum atomic E-state index is -0.458. The maximum Gasteiger partial charge on any atom is 0.339 e. The van der Waals surface area contributed by atoms with Crippen LogP contribution in [0.3, 0.4) is 0 Å². The van der Waals surface area contributed by atoms with E-state index < -0.39 is 5.97 Å². The van der Waals surface area contributed by atoms with E-state index in [-0.39, 0.29) is 18.2 Å². The van der Waals surface area contributed by atoms with E-state index in [9.17, 15) is 9.59 Å². The number of benzene rings is 1. The van der Waals surface area contributed by atoms with Gasteiger partial charge >= 0.3 is 5.97 Å². The van der Waals surface area contributed by atoms with E-state index in [0.29, 0.717) is 22.2 Å². The lowest BCUT2D eigenvalue weighted by Gasteiger charge is -2.16. The highest BCUT2D eigenvalue weighted by Crippen LogP contribution is 2.19. The summed E-state index contributed by atoms with van der Waals surface area (Å²) in [6, 6.07) is 13.1. The van der Waals surface area contributed by atoms with Gasteiger partial charge in [0.15, 0.2) is 0 Å². The minimum absolute atomic E-state index is 0.120. The van der Waals surface area contributed by atoms with Crippen molar-refractivity contribution in [3.05, 3.63) is 75.8 Å². The molecule has 3 rings (SSSR count). The molecule has 0 aliphatic rings. The van der Waals surface area contributed by atoms with E-state index in [1.54, 1.807) is 36.7 Å². The van der Waals surface area contributed by atoms with Crippen LogP contribution in [0, 0.1) is 6.92 Å². The van der Waals surface area contributed by atoms with Crippen molar-refractivity contribution in [2.75, 3.05) is 6.61 Å². The Labute approximate surface area is 145 Å². The fourth-order valence-electron chi connectivity index (χ4n) is 2.89. The van der Waals surface area contributed by atoms with Gasteiger partial charge in [-0.05, 0) is 38.5 Å². The fraction of sp³-hybridized carbons (Fsp3) is 0.250. The third-order valence-corrected chi connectivity index (χ3v) is 4.30. The standard InChI is InChI=1S/C20H20N2O3/c1-4-25-20(24)16-12-17-18(21-13(16)2)10-11-22(19(17)23)14(3)15-8-6-5-7-9-15/h5-12,14H,4H2,1-3H3. The average Bonchev–Trinajstić information content (AvgIpc) is 2.62. The minimum Gasteiger partial charge on any atom is -0.462 e. The zero-order valence-corrected chi connectivity index (χ0v) is 14.5. The molecule has 2 heterocycles. The van der Waals surface area contributed by atoms with Crippen molar-refractivity contribution >= 4 is 16.9 Å². The highest BCUT2D eigenvalue weighted by atomic mass is 16.5. The first-order chi connectivity index (χ1) is 12.0. The topological polar surface area (TPSA) is 61.2 Å². The van der Waals surface area contributed by atoms with Crippen molar-refractivity contribution in [3.8, 4) is 0 Å². The lowest BCUT2D eigenvalue weighted by atomic mass is 10.1. The van der Waals surface area contributed by atoms with Gasteiger partial charge in [0.2, 0.25) is 0 Å². The third kappa shape index (κ3) is 3.18. The first-order valence-electron chi connectivity index (χ1n) is 8.27. The normalized spacial score (nSPS) is 12.1. The molecule has 0 bridgehead atoms. The molecule has 5 heteroatoms. The molecule has 3 aromatic rings. The Hall–Kier alpha value is -2.95. The Bertz CT molecular complexity index is 977. The summed E-state index contributed by atoms with van der Waals surface area (Å²) in [6.45, 7) is 5.73. The molecule has 1 atom stereocenters. The maximum atomic E-state index is 13.0. The summed E-state index contributed by atoms with van der Waals surface area (Å²) in [7, 11) is 0. The summed E-state index contributed by atoms with van der Waals surface area (Å²) in [6.07, 6.45) is 1.75. The molecule has 0 spiro atoms. The molecule has 0 aliphatic heterocycles. The van der Waals surface area contributed by atoms with Crippen LogP contribution in [0.1, 0.15) is 41.5 Å². The van der Waals surface area contributed by atoms with E-state index in [2.05, 4.69) is 4.98 Å². The molecule has 0 radical (unpaired) electrons. The van der Waals surface area contributed by atoms with Gasteiger partial charge in [0.05, 0.1) is 34.8 Å². The van der Waals surface area contributed by atoms with Crippen LogP contribution in [0.25, 0.3) is 10.9 Å². The number of nitrogens with zero attached hydrogens (tertiary/aromatic N) is 2. The van der Waals surface area contributed by atoms with Crippen LogP contribution < -0.4 is 5.56 Å². The predicted octanol–water partition coefficient (Wildman–Crippen LogP) is 3.49. The van der Waals surface area contributed by atoms with Crippen molar-refractivity contribution in [3.63, 3.8) is 0 Å². The molecule has 0 N–H and O–H groups in total. The van der Waals surface area contributed by atoms with Crippen LogP contribution in [-0.4, -0.2) is 22.1 Å². The molecule has 0 saturated heterocycles. The van der Waals surface area contributed by atoms with Gasteiger partial charge in [-0.1, -0.05) is 30.3 Å². The maximum absolute atomic E-state index is 13.0. The molecule has 0 aliphatic carbocycles.